The Morgan fingerprint density at radius 2 is 1.93 bits per heavy atom. The summed E-state index contributed by atoms with van der Waals surface area (Å²) in [6, 6.07) is 12.4. The number of nitrogens with zero attached hydrogens (tertiary/aromatic N) is 1. The number of hydrogen-bond donors (Lipinski definition) is 1. The number of anilines is 1. The number of hydrogen-bond acceptors (Lipinski definition) is 4. The van der Waals surface area contributed by atoms with Crippen molar-refractivity contribution in [3.05, 3.63) is 58.1 Å². The first kappa shape index (κ1) is 22.2. The third-order valence-corrected chi connectivity index (χ3v) is 6.17. The van der Waals surface area contributed by atoms with E-state index >= 15 is 0 Å². The molecule has 0 saturated carbocycles. The average Bonchev–Trinajstić information content (AvgIpc) is 2.64. The second-order valence-corrected chi connectivity index (χ2v) is 9.24. The molecule has 0 heterocycles. The molecule has 2 aromatic rings. The Hall–Kier alpha value is -2.06. The van der Waals surface area contributed by atoms with Gasteiger partial charge in [-0.15, -0.1) is 0 Å². The van der Waals surface area contributed by atoms with Crippen molar-refractivity contribution in [2.75, 3.05) is 24.2 Å². The number of halogens is 1. The molecule has 6 nitrogen and oxygen atoms in total. The van der Waals surface area contributed by atoms with Gasteiger partial charge < -0.3 is 10.1 Å². The minimum atomic E-state index is -3.63. The molecule has 0 bridgehead atoms. The van der Waals surface area contributed by atoms with Crippen LogP contribution >= 0.6 is 15.9 Å². The number of nitrogens with one attached hydrogen (secondary N) is 1. The Kier molecular flexibility index (Phi) is 7.48. The quantitative estimate of drug-likeness (QED) is 0.638. The van der Waals surface area contributed by atoms with Gasteiger partial charge in [-0.25, -0.2) is 8.42 Å². The molecule has 1 N–H and O–H groups in total. The summed E-state index contributed by atoms with van der Waals surface area (Å²) in [5, 5.41) is 2.94. The second kappa shape index (κ2) is 9.43. The lowest BCUT2D eigenvalue weighted by molar-refractivity contribution is -0.120. The fourth-order valence-corrected chi connectivity index (χ4v) is 4.43. The van der Waals surface area contributed by atoms with Crippen molar-refractivity contribution < 1.29 is 17.9 Å². The number of para-hydroxylation sites is 1. The van der Waals surface area contributed by atoms with E-state index in [1.807, 2.05) is 32.0 Å². The van der Waals surface area contributed by atoms with Gasteiger partial charge in [0, 0.05) is 4.47 Å². The maximum Gasteiger partial charge on any atom is 0.241 e. The molecule has 0 spiro atoms. The highest BCUT2D eigenvalue weighted by Crippen LogP contribution is 2.28. The molecule has 0 aliphatic rings. The lowest BCUT2D eigenvalue weighted by Gasteiger charge is -2.25. The summed E-state index contributed by atoms with van der Waals surface area (Å²) >= 11 is 3.35. The molecule has 1 amide bonds. The molecule has 2 aromatic carbocycles. The van der Waals surface area contributed by atoms with Crippen LogP contribution in [-0.2, 0) is 14.8 Å². The van der Waals surface area contributed by atoms with E-state index in [9.17, 15) is 13.2 Å². The van der Waals surface area contributed by atoms with Gasteiger partial charge >= 0.3 is 0 Å². The van der Waals surface area contributed by atoms with E-state index in [0.717, 1.165) is 27.4 Å². The van der Waals surface area contributed by atoms with Crippen molar-refractivity contribution in [3.63, 3.8) is 0 Å². The van der Waals surface area contributed by atoms with Crippen LogP contribution in [0.15, 0.2) is 46.9 Å². The van der Waals surface area contributed by atoms with E-state index in [4.69, 9.17) is 4.74 Å². The third kappa shape index (κ3) is 5.48. The second-order valence-electron chi connectivity index (χ2n) is 6.48. The number of amides is 1. The SMILES string of the molecule is CC[C@H](NC(=O)CN(c1ccccc1Br)S(C)(=O)=O)c1ccc(OC)c(C)c1. The highest BCUT2D eigenvalue weighted by atomic mass is 79.9. The molecule has 2 rings (SSSR count). The van der Waals surface area contributed by atoms with Gasteiger partial charge in [0.2, 0.25) is 15.9 Å². The van der Waals surface area contributed by atoms with Crippen LogP contribution in [0.1, 0.15) is 30.5 Å². The van der Waals surface area contributed by atoms with Gasteiger partial charge in [0.15, 0.2) is 0 Å². The first-order valence-corrected chi connectivity index (χ1v) is 11.5. The Labute approximate surface area is 175 Å². The van der Waals surface area contributed by atoms with Crippen LogP contribution in [0.5, 0.6) is 5.75 Å². The van der Waals surface area contributed by atoms with E-state index in [0.29, 0.717) is 16.6 Å². The molecular formula is C20H25BrN2O4S. The minimum absolute atomic E-state index is 0.224. The monoisotopic (exact) mass is 468 g/mol. The minimum Gasteiger partial charge on any atom is -0.496 e. The summed E-state index contributed by atoms with van der Waals surface area (Å²) < 4.78 is 31.5. The normalized spacial score (nSPS) is 12.3. The highest BCUT2D eigenvalue weighted by Gasteiger charge is 2.24. The lowest BCUT2D eigenvalue weighted by atomic mass is 10.0. The van der Waals surface area contributed by atoms with Crippen molar-refractivity contribution in [1.82, 2.24) is 5.32 Å². The molecule has 28 heavy (non-hydrogen) atoms. The summed E-state index contributed by atoms with van der Waals surface area (Å²) in [5.74, 6) is 0.406. The Morgan fingerprint density at radius 3 is 2.46 bits per heavy atom. The van der Waals surface area contributed by atoms with E-state index in [-0.39, 0.29) is 18.5 Å². The number of sulfonamides is 1. The van der Waals surface area contributed by atoms with Crippen molar-refractivity contribution in [2.24, 2.45) is 0 Å². The van der Waals surface area contributed by atoms with Crippen molar-refractivity contribution in [2.45, 2.75) is 26.3 Å². The van der Waals surface area contributed by atoms with Crippen LogP contribution in [0.2, 0.25) is 0 Å². The average molecular weight is 469 g/mol. The molecular weight excluding hydrogens is 444 g/mol. The molecule has 0 aliphatic heterocycles. The largest absolute Gasteiger partial charge is 0.496 e. The van der Waals surface area contributed by atoms with Gasteiger partial charge in [0.25, 0.3) is 0 Å². The molecule has 0 radical (unpaired) electrons. The summed E-state index contributed by atoms with van der Waals surface area (Å²) in [6.07, 6.45) is 1.76. The van der Waals surface area contributed by atoms with Crippen molar-refractivity contribution in [3.8, 4) is 5.75 Å². The number of ether oxygens (including phenoxy) is 1. The van der Waals surface area contributed by atoms with Crippen LogP contribution in [0.25, 0.3) is 0 Å². The predicted octanol–water partition coefficient (Wildman–Crippen LogP) is 3.80. The number of benzene rings is 2. The zero-order valence-electron chi connectivity index (χ0n) is 16.4. The van der Waals surface area contributed by atoms with Gasteiger partial charge in [0.1, 0.15) is 12.3 Å². The van der Waals surface area contributed by atoms with Crippen LogP contribution in [0.3, 0.4) is 0 Å². The molecule has 152 valence electrons. The molecule has 0 aromatic heterocycles. The zero-order valence-corrected chi connectivity index (χ0v) is 18.8. The number of aryl methyl sites for hydroxylation is 1. The third-order valence-electron chi connectivity index (χ3n) is 4.37. The molecule has 0 fully saturated rings. The molecule has 0 saturated heterocycles. The Balaban J connectivity index is 2.21. The fraction of sp³-hybridized carbons (Fsp3) is 0.350. The van der Waals surface area contributed by atoms with Gasteiger partial charge in [0.05, 0.1) is 25.1 Å². The van der Waals surface area contributed by atoms with Crippen molar-refractivity contribution in [1.29, 1.82) is 0 Å². The fourth-order valence-electron chi connectivity index (χ4n) is 2.94. The summed E-state index contributed by atoms with van der Waals surface area (Å²) in [5.41, 5.74) is 2.34. The van der Waals surface area contributed by atoms with Gasteiger partial charge in [-0.3, -0.25) is 9.10 Å². The Morgan fingerprint density at radius 1 is 1.25 bits per heavy atom. The molecule has 0 unspecified atom stereocenters. The highest BCUT2D eigenvalue weighted by molar-refractivity contribution is 9.10. The predicted molar refractivity (Wildman–Crippen MR) is 115 cm³/mol. The zero-order chi connectivity index (χ0) is 20.9. The van der Waals surface area contributed by atoms with E-state index in [1.165, 1.54) is 0 Å². The summed E-state index contributed by atoms with van der Waals surface area (Å²) in [4.78, 5) is 12.7. The molecule has 1 atom stereocenters. The molecule has 0 aliphatic carbocycles. The first-order chi connectivity index (χ1) is 13.2. The van der Waals surface area contributed by atoms with Crippen LogP contribution in [0, 0.1) is 6.92 Å². The first-order valence-electron chi connectivity index (χ1n) is 8.83. The number of methoxy groups -OCH3 is 1. The number of carbonyl (C=O) groups excluding carboxylic acids is 1. The Bertz CT molecular complexity index is 947. The number of rotatable bonds is 8. The standard InChI is InChI=1S/C20H25BrN2O4S/c1-5-17(15-10-11-19(27-3)14(2)12-15)22-20(24)13-23(28(4,25)26)18-9-7-6-8-16(18)21/h6-12,17H,5,13H2,1-4H3,(H,22,24)/t17-/m0/s1. The number of carbonyl (C=O) groups is 1. The van der Waals surface area contributed by atoms with Crippen LogP contribution in [-0.4, -0.2) is 34.2 Å². The summed E-state index contributed by atoms with van der Waals surface area (Å²) in [6.45, 7) is 3.61. The van der Waals surface area contributed by atoms with Gasteiger partial charge in [-0.1, -0.05) is 31.2 Å². The smallest absolute Gasteiger partial charge is 0.241 e. The van der Waals surface area contributed by atoms with Crippen molar-refractivity contribution >= 4 is 37.5 Å². The van der Waals surface area contributed by atoms with E-state index < -0.39 is 10.0 Å². The van der Waals surface area contributed by atoms with Crippen LogP contribution < -0.4 is 14.4 Å². The molecule has 8 heteroatoms. The van der Waals surface area contributed by atoms with E-state index in [2.05, 4.69) is 21.2 Å². The maximum atomic E-state index is 12.7. The van der Waals surface area contributed by atoms with Gasteiger partial charge in [-0.05, 0) is 58.6 Å². The summed E-state index contributed by atoms with van der Waals surface area (Å²) in [7, 11) is -2.02. The van der Waals surface area contributed by atoms with Crippen LogP contribution in [0.4, 0.5) is 5.69 Å². The topological polar surface area (TPSA) is 75.7 Å². The van der Waals surface area contributed by atoms with E-state index in [1.54, 1.807) is 31.4 Å². The van der Waals surface area contributed by atoms with Gasteiger partial charge in [-0.2, -0.15) is 0 Å². The lowest BCUT2D eigenvalue weighted by Crippen LogP contribution is -2.41. The maximum absolute atomic E-state index is 12.7.